The lowest BCUT2D eigenvalue weighted by Crippen LogP contribution is -2.33. The van der Waals surface area contributed by atoms with E-state index in [9.17, 15) is 4.79 Å². The van der Waals surface area contributed by atoms with Gasteiger partial charge >= 0.3 is 5.97 Å². The Bertz CT molecular complexity index is 150. The number of esters is 1. The van der Waals surface area contributed by atoms with Crippen LogP contribution in [-0.2, 0) is 14.3 Å². The summed E-state index contributed by atoms with van der Waals surface area (Å²) in [5.74, 6) is 0.650. The highest BCUT2D eigenvalue weighted by Gasteiger charge is 2.34. The van der Waals surface area contributed by atoms with Crippen molar-refractivity contribution in [3.05, 3.63) is 0 Å². The molecule has 3 heteroatoms. The van der Waals surface area contributed by atoms with E-state index in [1.807, 2.05) is 6.92 Å². The molecule has 1 saturated carbocycles. The van der Waals surface area contributed by atoms with E-state index in [4.69, 9.17) is 4.74 Å². The van der Waals surface area contributed by atoms with Crippen molar-refractivity contribution in [3.63, 3.8) is 0 Å². The normalized spacial score (nSPS) is 27.8. The standard InChI is InChI=1S/C9H16O3/c1-3-12-6-7-4-8(5-7)9(10)11-2/h7-8H,3-6H2,1-2H3. The molecule has 0 aliphatic heterocycles. The zero-order valence-corrected chi connectivity index (χ0v) is 7.71. The molecule has 1 aliphatic carbocycles. The van der Waals surface area contributed by atoms with Crippen LogP contribution < -0.4 is 0 Å². The molecule has 0 heterocycles. The Morgan fingerprint density at radius 2 is 2.17 bits per heavy atom. The fourth-order valence-corrected chi connectivity index (χ4v) is 1.52. The van der Waals surface area contributed by atoms with E-state index in [-0.39, 0.29) is 11.9 Å². The van der Waals surface area contributed by atoms with Gasteiger partial charge in [0.1, 0.15) is 0 Å². The zero-order chi connectivity index (χ0) is 8.97. The van der Waals surface area contributed by atoms with Gasteiger partial charge in [0.25, 0.3) is 0 Å². The van der Waals surface area contributed by atoms with Gasteiger partial charge in [0.05, 0.1) is 13.0 Å². The van der Waals surface area contributed by atoms with Crippen LogP contribution in [0.5, 0.6) is 0 Å². The van der Waals surface area contributed by atoms with Gasteiger partial charge in [0.15, 0.2) is 0 Å². The van der Waals surface area contributed by atoms with Crippen LogP contribution in [0, 0.1) is 11.8 Å². The number of carbonyl (C=O) groups excluding carboxylic acids is 1. The third-order valence-corrected chi connectivity index (χ3v) is 2.33. The van der Waals surface area contributed by atoms with E-state index >= 15 is 0 Å². The Kier molecular flexibility index (Phi) is 3.53. The third-order valence-electron chi connectivity index (χ3n) is 2.33. The van der Waals surface area contributed by atoms with Crippen LogP contribution in [0.15, 0.2) is 0 Å². The highest BCUT2D eigenvalue weighted by Crippen LogP contribution is 2.34. The second-order valence-corrected chi connectivity index (χ2v) is 3.22. The molecule has 0 aromatic carbocycles. The minimum Gasteiger partial charge on any atom is -0.469 e. The summed E-state index contributed by atoms with van der Waals surface area (Å²) < 4.78 is 9.87. The van der Waals surface area contributed by atoms with Crippen LogP contribution in [0.2, 0.25) is 0 Å². The highest BCUT2D eigenvalue weighted by molar-refractivity contribution is 5.73. The predicted molar refractivity (Wildman–Crippen MR) is 44.7 cm³/mol. The molecule has 12 heavy (non-hydrogen) atoms. The molecule has 3 nitrogen and oxygen atoms in total. The van der Waals surface area contributed by atoms with E-state index in [1.54, 1.807) is 0 Å². The van der Waals surface area contributed by atoms with Gasteiger partial charge in [-0.05, 0) is 25.7 Å². The van der Waals surface area contributed by atoms with Crippen molar-refractivity contribution >= 4 is 5.97 Å². The van der Waals surface area contributed by atoms with Crippen LogP contribution >= 0.6 is 0 Å². The molecule has 0 bridgehead atoms. The molecule has 0 radical (unpaired) electrons. The summed E-state index contributed by atoms with van der Waals surface area (Å²) in [7, 11) is 1.44. The first-order valence-corrected chi connectivity index (χ1v) is 4.43. The Morgan fingerprint density at radius 1 is 1.50 bits per heavy atom. The molecular formula is C9H16O3. The number of rotatable bonds is 4. The molecule has 0 amide bonds. The number of hydrogen-bond acceptors (Lipinski definition) is 3. The molecule has 0 aromatic rings. The highest BCUT2D eigenvalue weighted by atomic mass is 16.5. The van der Waals surface area contributed by atoms with Crippen LogP contribution in [0.25, 0.3) is 0 Å². The molecule has 0 unspecified atom stereocenters. The van der Waals surface area contributed by atoms with E-state index in [2.05, 4.69) is 4.74 Å². The van der Waals surface area contributed by atoms with Crippen molar-refractivity contribution in [2.24, 2.45) is 11.8 Å². The zero-order valence-electron chi connectivity index (χ0n) is 7.71. The lowest BCUT2D eigenvalue weighted by Gasteiger charge is -2.32. The number of carbonyl (C=O) groups is 1. The molecule has 1 aliphatic rings. The van der Waals surface area contributed by atoms with Crippen LogP contribution in [0.3, 0.4) is 0 Å². The number of ether oxygens (including phenoxy) is 2. The first-order chi connectivity index (χ1) is 5.77. The average Bonchev–Trinajstić information content (AvgIpc) is 2.01. The van der Waals surface area contributed by atoms with Crippen molar-refractivity contribution in [2.75, 3.05) is 20.3 Å². The SMILES string of the molecule is CCOCC1CC(C(=O)OC)C1. The fourth-order valence-electron chi connectivity index (χ4n) is 1.52. The Morgan fingerprint density at radius 3 is 2.67 bits per heavy atom. The summed E-state index contributed by atoms with van der Waals surface area (Å²) in [6.45, 7) is 3.54. The Hall–Kier alpha value is -0.570. The Labute approximate surface area is 73.0 Å². The largest absolute Gasteiger partial charge is 0.469 e. The minimum absolute atomic E-state index is 0.0669. The topological polar surface area (TPSA) is 35.5 Å². The van der Waals surface area contributed by atoms with E-state index in [1.165, 1.54) is 7.11 Å². The van der Waals surface area contributed by atoms with Crippen molar-refractivity contribution in [1.82, 2.24) is 0 Å². The maximum absolute atomic E-state index is 11.0. The van der Waals surface area contributed by atoms with E-state index in [0.717, 1.165) is 26.1 Å². The molecule has 1 rings (SSSR count). The van der Waals surface area contributed by atoms with Gasteiger partial charge in [-0.15, -0.1) is 0 Å². The lowest BCUT2D eigenvalue weighted by atomic mass is 9.75. The first-order valence-electron chi connectivity index (χ1n) is 4.43. The van der Waals surface area contributed by atoms with E-state index < -0.39 is 0 Å². The minimum atomic E-state index is -0.0669. The first kappa shape index (κ1) is 9.52. The number of methoxy groups -OCH3 is 1. The molecule has 1 fully saturated rings. The number of hydrogen-bond donors (Lipinski definition) is 0. The summed E-state index contributed by atoms with van der Waals surface area (Å²) >= 11 is 0. The van der Waals surface area contributed by atoms with Crippen LogP contribution in [-0.4, -0.2) is 26.3 Å². The molecular weight excluding hydrogens is 156 g/mol. The van der Waals surface area contributed by atoms with Crippen molar-refractivity contribution < 1.29 is 14.3 Å². The van der Waals surface area contributed by atoms with Crippen LogP contribution in [0.1, 0.15) is 19.8 Å². The summed E-state index contributed by atoms with van der Waals surface area (Å²) in [4.78, 5) is 11.0. The maximum Gasteiger partial charge on any atom is 0.308 e. The molecule has 0 saturated heterocycles. The van der Waals surface area contributed by atoms with Gasteiger partial charge in [-0.3, -0.25) is 4.79 Å². The summed E-state index contributed by atoms with van der Waals surface area (Å²) in [5.41, 5.74) is 0. The second-order valence-electron chi connectivity index (χ2n) is 3.22. The third kappa shape index (κ3) is 2.21. The summed E-state index contributed by atoms with van der Waals surface area (Å²) in [6, 6.07) is 0. The average molecular weight is 172 g/mol. The van der Waals surface area contributed by atoms with Gasteiger partial charge < -0.3 is 9.47 Å². The van der Waals surface area contributed by atoms with Crippen molar-refractivity contribution in [2.45, 2.75) is 19.8 Å². The molecule has 0 atom stereocenters. The lowest BCUT2D eigenvalue weighted by molar-refractivity contribution is -0.151. The van der Waals surface area contributed by atoms with Gasteiger partial charge in [-0.1, -0.05) is 0 Å². The van der Waals surface area contributed by atoms with Crippen molar-refractivity contribution in [3.8, 4) is 0 Å². The molecule has 0 spiro atoms. The molecule has 0 N–H and O–H groups in total. The Balaban J connectivity index is 2.07. The molecule has 70 valence electrons. The van der Waals surface area contributed by atoms with Gasteiger partial charge in [-0.2, -0.15) is 0 Å². The maximum atomic E-state index is 11.0. The smallest absolute Gasteiger partial charge is 0.308 e. The summed E-state index contributed by atoms with van der Waals surface area (Å²) in [5, 5.41) is 0. The van der Waals surface area contributed by atoms with Crippen LogP contribution in [0.4, 0.5) is 0 Å². The summed E-state index contributed by atoms with van der Waals surface area (Å²) in [6.07, 6.45) is 1.87. The predicted octanol–water partition coefficient (Wildman–Crippen LogP) is 1.22. The van der Waals surface area contributed by atoms with Gasteiger partial charge in [-0.25, -0.2) is 0 Å². The van der Waals surface area contributed by atoms with Crippen molar-refractivity contribution in [1.29, 1.82) is 0 Å². The van der Waals surface area contributed by atoms with Gasteiger partial charge in [0, 0.05) is 13.2 Å². The molecule has 0 aromatic heterocycles. The van der Waals surface area contributed by atoms with Gasteiger partial charge in [0.2, 0.25) is 0 Å². The monoisotopic (exact) mass is 172 g/mol. The second kappa shape index (κ2) is 4.45. The quantitative estimate of drug-likeness (QED) is 0.598. The fraction of sp³-hybridized carbons (Fsp3) is 0.889. The van der Waals surface area contributed by atoms with E-state index in [0.29, 0.717) is 5.92 Å².